The number of hydrogen-bond donors (Lipinski definition) is 1. The minimum Gasteiger partial charge on any atom is -1.00 e. The molecule has 0 radical (unpaired) electrons. The Balaban J connectivity index is -0.00000000511. The van der Waals surface area contributed by atoms with Gasteiger partial charge in [0, 0.05) is 21.1 Å². The van der Waals surface area contributed by atoms with Gasteiger partial charge in [0.15, 0.2) is 0 Å². The molecule has 0 bridgehead atoms. The second-order valence-electron chi connectivity index (χ2n) is 0.577. The van der Waals surface area contributed by atoms with E-state index in [-0.39, 0.29) is 43.4 Å². The van der Waals surface area contributed by atoms with Crippen LogP contribution in [0.25, 0.3) is 0 Å². The van der Waals surface area contributed by atoms with E-state index in [1.807, 2.05) is 19.4 Å². The molecule has 0 amide bonds. The molecule has 9 heteroatoms. The van der Waals surface area contributed by atoms with Gasteiger partial charge in [-0.15, -0.1) is 0 Å². The van der Waals surface area contributed by atoms with E-state index in [9.17, 15) is 0 Å². The van der Waals surface area contributed by atoms with Crippen LogP contribution in [0, 0.1) is 0 Å². The third-order valence-corrected chi connectivity index (χ3v) is 0. The zero-order chi connectivity index (χ0) is 12.7. The number of quaternary nitrogens is 1. The molecule has 102 valence electrons. The standard InChI is InChI=1S/C2H7N.5CHO.ClH.Mo.H3P/c1-3-2;5*1-2;;;/h3H,1-2H3;5*1H;1H;;1H3/q;5*-1;;;. The van der Waals surface area contributed by atoms with E-state index in [4.69, 9.17) is 24.0 Å². The van der Waals surface area contributed by atoms with Crippen molar-refractivity contribution in [2.24, 2.45) is 0 Å². The molecule has 6 nitrogen and oxygen atoms in total. The molecule has 1 atom stereocenters. The molecule has 2 N–H and O–H groups in total. The summed E-state index contributed by atoms with van der Waals surface area (Å²) in [5.74, 6) is 0. The molecule has 0 heterocycles. The maximum Gasteiger partial charge on any atom is 0.0647 e. The molecular weight excluding hydrogens is 340 g/mol. The number of rotatable bonds is 0. The van der Waals surface area contributed by atoms with E-state index < -0.39 is 0 Å². The molecular formula is C7H16ClMoNO5P-5. The average molecular weight is 357 g/mol. The van der Waals surface area contributed by atoms with Crippen LogP contribution in [0.1, 0.15) is 0 Å². The molecule has 0 fully saturated rings. The monoisotopic (exact) mass is 358 g/mol. The van der Waals surface area contributed by atoms with Gasteiger partial charge in [-0.1, -0.05) is 0 Å². The van der Waals surface area contributed by atoms with Crippen LogP contribution < -0.4 is 17.7 Å². The van der Waals surface area contributed by atoms with Gasteiger partial charge in [-0.25, -0.2) is 0 Å². The summed E-state index contributed by atoms with van der Waals surface area (Å²) in [4.78, 5) is 38.8. The maximum absolute atomic E-state index is 7.75. The van der Waals surface area contributed by atoms with E-state index >= 15 is 0 Å². The summed E-state index contributed by atoms with van der Waals surface area (Å²) in [5.41, 5.74) is 0. The first-order valence-electron chi connectivity index (χ1n) is 2.33. The first-order chi connectivity index (χ1) is 6.41. The number of carbonyl (C=O) groups excluding carboxylic acids is 5. The van der Waals surface area contributed by atoms with Crippen LogP contribution in [-0.2, 0) is 45.0 Å². The van der Waals surface area contributed by atoms with E-state index in [0.29, 0.717) is 0 Å². The van der Waals surface area contributed by atoms with Crippen molar-refractivity contribution in [3.8, 4) is 0 Å². The first kappa shape index (κ1) is 75.4. The Morgan fingerprint density at radius 1 is 0.625 bits per heavy atom. The molecule has 0 aliphatic rings. The summed E-state index contributed by atoms with van der Waals surface area (Å²) in [5, 5.41) is 2.00. The van der Waals surface area contributed by atoms with Crippen LogP contribution in [0.4, 0.5) is 0 Å². The fourth-order valence-electron chi connectivity index (χ4n) is 0. The van der Waals surface area contributed by atoms with Gasteiger partial charge in [-0.2, -0.15) is 9.90 Å². The molecule has 1 unspecified atom stereocenters. The third-order valence-electron chi connectivity index (χ3n) is 0. The molecule has 0 aliphatic carbocycles. The van der Waals surface area contributed by atoms with Gasteiger partial charge >= 0.3 is 0 Å². The van der Waals surface area contributed by atoms with Crippen molar-refractivity contribution in [3.05, 3.63) is 0 Å². The smallest absolute Gasteiger partial charge is 0.0647 e. The summed E-state index contributed by atoms with van der Waals surface area (Å²) in [6.07, 6.45) is 0. The fourth-order valence-corrected chi connectivity index (χ4v) is 0. The molecule has 0 rings (SSSR count). The predicted octanol–water partition coefficient (Wildman–Crippen LogP) is -5.50. The Bertz CT molecular complexity index is 52.1. The predicted molar refractivity (Wildman–Crippen MR) is 58.6 cm³/mol. The second-order valence-corrected chi connectivity index (χ2v) is 0.577. The molecule has 0 aromatic heterocycles. The van der Waals surface area contributed by atoms with Crippen LogP contribution in [0.5, 0.6) is 0 Å². The number of halogens is 1. The van der Waals surface area contributed by atoms with Gasteiger partial charge in [0.1, 0.15) is 0 Å². The van der Waals surface area contributed by atoms with Crippen LogP contribution >= 0.6 is 9.90 Å². The first-order valence-corrected chi connectivity index (χ1v) is 2.33. The normalized spacial score (nSPS) is 2.38. The van der Waals surface area contributed by atoms with E-state index in [0.717, 1.165) is 0 Å². The van der Waals surface area contributed by atoms with Gasteiger partial charge in [-0.3, -0.25) is 33.9 Å². The Morgan fingerprint density at radius 2 is 0.625 bits per heavy atom. The molecule has 0 spiro atoms. The third kappa shape index (κ3) is 28000. The van der Waals surface area contributed by atoms with Gasteiger partial charge < -0.3 is 41.7 Å². The van der Waals surface area contributed by atoms with Crippen molar-refractivity contribution in [1.29, 1.82) is 0 Å². The molecule has 0 aromatic carbocycles. The van der Waals surface area contributed by atoms with Crippen LogP contribution in [0.15, 0.2) is 0 Å². The fraction of sp³-hybridized carbons (Fsp3) is 0.286. The summed E-state index contributed by atoms with van der Waals surface area (Å²) in [6, 6.07) is 0. The molecule has 0 aromatic rings. The Labute approximate surface area is 121 Å². The Kier molecular flexibility index (Phi) is 25300. The van der Waals surface area contributed by atoms with E-state index in [1.165, 1.54) is 0 Å². The number of hydrogen-bond acceptors (Lipinski definition) is 5. The quantitative estimate of drug-likeness (QED) is 0.202. The SMILES string of the molecule is C[NH2+]C.P.[CH-]=O.[CH-]=O.[CH-]=O.[CH-]=O.[CH-]=O.[Cl-].[Mo]. The minimum atomic E-state index is 0. The van der Waals surface area contributed by atoms with Crippen molar-refractivity contribution in [1.82, 2.24) is 0 Å². The van der Waals surface area contributed by atoms with Crippen molar-refractivity contribution in [3.63, 3.8) is 0 Å². The average Bonchev–Trinajstić information content (AvgIpc) is 2.32. The Hall–Kier alpha value is -0.282. The van der Waals surface area contributed by atoms with Crippen LogP contribution in [-0.4, -0.2) is 48.0 Å². The van der Waals surface area contributed by atoms with Crippen molar-refractivity contribution in [2.45, 2.75) is 0 Å². The largest absolute Gasteiger partial charge is 1.00 e. The van der Waals surface area contributed by atoms with E-state index in [1.54, 1.807) is 0 Å². The van der Waals surface area contributed by atoms with Crippen molar-refractivity contribution in [2.75, 3.05) is 14.1 Å². The van der Waals surface area contributed by atoms with Crippen LogP contribution in [0.2, 0.25) is 0 Å². The van der Waals surface area contributed by atoms with Crippen molar-refractivity contribution < 1.29 is 62.8 Å². The topological polar surface area (TPSA) is 102 Å². The number of nitrogens with two attached hydrogens (primary N) is 1. The zero-order valence-electron chi connectivity index (χ0n) is 9.00. The molecule has 0 saturated heterocycles. The van der Waals surface area contributed by atoms with Gasteiger partial charge in [0.05, 0.1) is 14.1 Å². The van der Waals surface area contributed by atoms with Gasteiger partial charge in [0.25, 0.3) is 0 Å². The zero-order valence-corrected chi connectivity index (χ0v) is 13.2. The van der Waals surface area contributed by atoms with E-state index in [2.05, 4.69) is 33.9 Å². The van der Waals surface area contributed by atoms with Crippen LogP contribution in [0.3, 0.4) is 0 Å². The summed E-state index contributed by atoms with van der Waals surface area (Å²) >= 11 is 0. The summed E-state index contributed by atoms with van der Waals surface area (Å²) < 4.78 is 0. The summed E-state index contributed by atoms with van der Waals surface area (Å²) in [6.45, 7) is 16.2. The minimum absolute atomic E-state index is 0. The molecule has 0 aliphatic heterocycles. The van der Waals surface area contributed by atoms with Gasteiger partial charge in [-0.05, 0) is 0 Å². The molecule has 16 heavy (non-hydrogen) atoms. The maximum atomic E-state index is 7.75. The summed E-state index contributed by atoms with van der Waals surface area (Å²) in [7, 11) is 4.00. The van der Waals surface area contributed by atoms with Gasteiger partial charge in [0.2, 0.25) is 0 Å². The second kappa shape index (κ2) is 5370. The molecule has 0 saturated carbocycles. The van der Waals surface area contributed by atoms with Crippen molar-refractivity contribution >= 4 is 43.8 Å². The Morgan fingerprint density at radius 3 is 0.625 bits per heavy atom.